The van der Waals surface area contributed by atoms with Gasteiger partial charge in [-0.1, -0.05) is 48.0 Å². The Morgan fingerprint density at radius 2 is 1.62 bits per heavy atom. The van der Waals surface area contributed by atoms with Gasteiger partial charge in [0, 0.05) is 31.9 Å². The molecule has 29 heavy (non-hydrogen) atoms. The molecule has 2 aliphatic heterocycles. The van der Waals surface area contributed by atoms with Crippen molar-refractivity contribution in [2.75, 3.05) is 37.6 Å². The first kappa shape index (κ1) is 19.5. The van der Waals surface area contributed by atoms with Crippen LogP contribution in [-0.2, 0) is 11.2 Å². The molecule has 2 aliphatic rings. The van der Waals surface area contributed by atoms with Gasteiger partial charge in [-0.3, -0.25) is 9.69 Å². The maximum absolute atomic E-state index is 12.8. The first-order valence-electron chi connectivity index (χ1n) is 10.5. The number of rotatable bonds is 5. The lowest BCUT2D eigenvalue weighted by molar-refractivity contribution is -0.133. The van der Waals surface area contributed by atoms with Crippen molar-refractivity contribution in [3.8, 4) is 0 Å². The number of likely N-dealkylation sites (tertiary alicyclic amines) is 1. The van der Waals surface area contributed by atoms with Crippen LogP contribution in [0.1, 0.15) is 24.0 Å². The second kappa shape index (κ2) is 8.68. The third kappa shape index (κ3) is 4.61. The van der Waals surface area contributed by atoms with Gasteiger partial charge in [-0.25, -0.2) is 4.79 Å². The monoisotopic (exact) mass is 391 g/mol. The lowest BCUT2D eigenvalue weighted by atomic mass is 9.90. The average molecular weight is 392 g/mol. The fourth-order valence-corrected chi connectivity index (χ4v) is 4.29. The van der Waals surface area contributed by atoms with E-state index in [2.05, 4.69) is 24.3 Å². The maximum Gasteiger partial charge on any atom is 0.325 e. The Morgan fingerprint density at radius 3 is 2.31 bits per heavy atom. The Morgan fingerprint density at radius 1 is 0.931 bits per heavy atom. The molecule has 0 aromatic heterocycles. The van der Waals surface area contributed by atoms with E-state index in [1.54, 1.807) is 9.80 Å². The summed E-state index contributed by atoms with van der Waals surface area (Å²) in [6.45, 7) is 5.03. The van der Waals surface area contributed by atoms with Crippen LogP contribution in [0.2, 0.25) is 0 Å². The lowest BCUT2D eigenvalue weighted by Gasteiger charge is -2.33. The van der Waals surface area contributed by atoms with E-state index in [1.807, 2.05) is 42.2 Å². The van der Waals surface area contributed by atoms with Crippen LogP contribution in [0.3, 0.4) is 0 Å². The number of carbonyl (C=O) groups excluding carboxylic acids is 2. The van der Waals surface area contributed by atoms with Gasteiger partial charge < -0.3 is 9.80 Å². The quantitative estimate of drug-likeness (QED) is 0.780. The van der Waals surface area contributed by atoms with Crippen molar-refractivity contribution in [2.45, 2.75) is 26.2 Å². The third-order valence-electron chi connectivity index (χ3n) is 6.10. The Labute approximate surface area is 172 Å². The van der Waals surface area contributed by atoms with E-state index in [9.17, 15) is 9.59 Å². The van der Waals surface area contributed by atoms with Gasteiger partial charge in [0.2, 0.25) is 5.91 Å². The van der Waals surface area contributed by atoms with E-state index >= 15 is 0 Å². The molecule has 0 bridgehead atoms. The highest BCUT2D eigenvalue weighted by atomic mass is 16.2. The van der Waals surface area contributed by atoms with Crippen LogP contribution in [0.25, 0.3) is 0 Å². The molecule has 0 radical (unpaired) electrons. The molecule has 0 saturated carbocycles. The van der Waals surface area contributed by atoms with Gasteiger partial charge in [-0.2, -0.15) is 0 Å². The highest BCUT2D eigenvalue weighted by Gasteiger charge is 2.32. The van der Waals surface area contributed by atoms with E-state index in [4.69, 9.17) is 0 Å². The number of hydrogen-bond acceptors (Lipinski definition) is 2. The maximum atomic E-state index is 12.8. The molecule has 0 spiro atoms. The summed E-state index contributed by atoms with van der Waals surface area (Å²) in [5.74, 6) is 0.703. The van der Waals surface area contributed by atoms with Gasteiger partial charge >= 0.3 is 6.03 Å². The third-order valence-corrected chi connectivity index (χ3v) is 6.10. The van der Waals surface area contributed by atoms with Gasteiger partial charge in [0.05, 0.1) is 0 Å². The molecule has 4 rings (SSSR count). The fraction of sp³-hybridized carbons (Fsp3) is 0.417. The molecule has 5 heteroatoms. The summed E-state index contributed by atoms with van der Waals surface area (Å²) in [6, 6.07) is 18.5. The first-order valence-corrected chi connectivity index (χ1v) is 10.5. The van der Waals surface area contributed by atoms with Crippen LogP contribution in [0.4, 0.5) is 10.5 Å². The van der Waals surface area contributed by atoms with E-state index in [0.717, 1.165) is 38.0 Å². The van der Waals surface area contributed by atoms with E-state index < -0.39 is 0 Å². The molecule has 0 atom stereocenters. The number of amides is 3. The fourth-order valence-electron chi connectivity index (χ4n) is 4.29. The molecule has 2 saturated heterocycles. The zero-order chi connectivity index (χ0) is 20.2. The zero-order valence-electron chi connectivity index (χ0n) is 17.1. The van der Waals surface area contributed by atoms with Crippen molar-refractivity contribution in [2.24, 2.45) is 5.92 Å². The van der Waals surface area contributed by atoms with Crippen LogP contribution >= 0.6 is 0 Å². The molecule has 2 fully saturated rings. The molecule has 0 aliphatic carbocycles. The number of nitrogens with zero attached hydrogens (tertiary/aromatic N) is 3. The number of aryl methyl sites for hydroxylation is 1. The topological polar surface area (TPSA) is 43.9 Å². The predicted molar refractivity (Wildman–Crippen MR) is 115 cm³/mol. The van der Waals surface area contributed by atoms with Gasteiger partial charge in [-0.15, -0.1) is 0 Å². The van der Waals surface area contributed by atoms with E-state index in [0.29, 0.717) is 19.0 Å². The number of benzene rings is 2. The number of piperidine rings is 1. The number of hydrogen-bond donors (Lipinski definition) is 0. The summed E-state index contributed by atoms with van der Waals surface area (Å²) in [7, 11) is 0. The van der Waals surface area contributed by atoms with Crippen molar-refractivity contribution in [3.05, 3.63) is 65.7 Å². The van der Waals surface area contributed by atoms with Crippen LogP contribution < -0.4 is 4.90 Å². The molecule has 2 heterocycles. The van der Waals surface area contributed by atoms with Crippen molar-refractivity contribution in [1.82, 2.24) is 9.80 Å². The second-order valence-corrected chi connectivity index (χ2v) is 8.21. The van der Waals surface area contributed by atoms with Crippen LogP contribution in [0.15, 0.2) is 54.6 Å². The van der Waals surface area contributed by atoms with E-state index in [-0.39, 0.29) is 18.5 Å². The molecule has 3 amide bonds. The summed E-state index contributed by atoms with van der Waals surface area (Å²) >= 11 is 0. The molecule has 5 nitrogen and oxygen atoms in total. The highest BCUT2D eigenvalue weighted by Crippen LogP contribution is 2.23. The summed E-state index contributed by atoms with van der Waals surface area (Å²) < 4.78 is 0. The standard InChI is InChI=1S/C24H29N3O2/c1-19-7-9-22(10-8-19)27-16-15-26(24(27)29)18-23(28)25-13-11-21(12-14-25)17-20-5-3-2-4-6-20/h2-10,21H,11-18H2,1H3. The molecular weight excluding hydrogens is 362 g/mol. The Bertz CT molecular complexity index is 842. The summed E-state index contributed by atoms with van der Waals surface area (Å²) in [5.41, 5.74) is 3.44. The summed E-state index contributed by atoms with van der Waals surface area (Å²) in [6.07, 6.45) is 3.15. The van der Waals surface area contributed by atoms with Crippen molar-refractivity contribution in [1.29, 1.82) is 0 Å². The van der Waals surface area contributed by atoms with E-state index in [1.165, 1.54) is 11.1 Å². The lowest BCUT2D eigenvalue weighted by Crippen LogP contribution is -2.45. The SMILES string of the molecule is Cc1ccc(N2CCN(CC(=O)N3CCC(Cc4ccccc4)CC3)C2=O)cc1. The second-order valence-electron chi connectivity index (χ2n) is 8.21. The predicted octanol–water partition coefficient (Wildman–Crippen LogP) is 3.72. The molecule has 0 N–H and O–H groups in total. The minimum absolute atomic E-state index is 0.0684. The minimum Gasteiger partial charge on any atom is -0.341 e. The Hall–Kier alpha value is -2.82. The Balaban J connectivity index is 1.27. The van der Waals surface area contributed by atoms with Crippen molar-refractivity contribution < 1.29 is 9.59 Å². The molecule has 2 aromatic rings. The number of anilines is 1. The number of urea groups is 1. The van der Waals surface area contributed by atoms with Gasteiger partial charge in [0.25, 0.3) is 0 Å². The zero-order valence-corrected chi connectivity index (χ0v) is 17.1. The molecule has 0 unspecified atom stereocenters. The van der Waals surface area contributed by atoms with Gasteiger partial charge in [0.15, 0.2) is 0 Å². The Kier molecular flexibility index (Phi) is 5.84. The molecule has 152 valence electrons. The van der Waals surface area contributed by atoms with Crippen molar-refractivity contribution in [3.63, 3.8) is 0 Å². The first-order chi connectivity index (χ1) is 14.1. The van der Waals surface area contributed by atoms with Crippen LogP contribution in [0.5, 0.6) is 0 Å². The average Bonchev–Trinajstić information content (AvgIpc) is 3.10. The minimum atomic E-state index is -0.0684. The van der Waals surface area contributed by atoms with Crippen LogP contribution in [0, 0.1) is 12.8 Å². The smallest absolute Gasteiger partial charge is 0.325 e. The van der Waals surface area contributed by atoms with Gasteiger partial charge in [-0.05, 0) is 49.8 Å². The number of carbonyl (C=O) groups is 2. The molecular formula is C24H29N3O2. The summed E-state index contributed by atoms with van der Waals surface area (Å²) in [5, 5.41) is 0. The summed E-state index contributed by atoms with van der Waals surface area (Å²) in [4.78, 5) is 30.9. The van der Waals surface area contributed by atoms with Crippen LogP contribution in [-0.4, -0.2) is 54.5 Å². The molecule has 2 aromatic carbocycles. The normalized spacial score (nSPS) is 17.8. The van der Waals surface area contributed by atoms with Crippen molar-refractivity contribution >= 4 is 17.6 Å². The highest BCUT2D eigenvalue weighted by molar-refractivity contribution is 5.96. The largest absolute Gasteiger partial charge is 0.341 e. The van der Waals surface area contributed by atoms with Gasteiger partial charge in [0.1, 0.15) is 6.54 Å².